The first-order valence-electron chi connectivity index (χ1n) is 23.8. The number of allylic oxidation sites excluding steroid dienone is 10. The molecule has 0 rings (SSSR count). The van der Waals surface area contributed by atoms with E-state index in [9.17, 15) is 19.5 Å². The molecule has 0 aromatic heterocycles. The molecule has 8 heteroatoms. The smallest absolute Gasteiger partial charge is 0.306 e. The van der Waals surface area contributed by atoms with Crippen LogP contribution in [0.25, 0.3) is 0 Å². The van der Waals surface area contributed by atoms with Gasteiger partial charge in [-0.15, -0.1) is 0 Å². The molecule has 0 fully saturated rings. The molecular formula is C51H89NO7. The van der Waals surface area contributed by atoms with Gasteiger partial charge in [0.2, 0.25) is 0 Å². The molecule has 0 aliphatic heterocycles. The Hall–Kier alpha value is -2.97. The van der Waals surface area contributed by atoms with Crippen LogP contribution in [0.4, 0.5) is 0 Å². The normalized spacial score (nSPS) is 13.4. The maximum atomic E-state index is 12.7. The van der Waals surface area contributed by atoms with Crippen molar-refractivity contribution >= 4 is 17.9 Å². The summed E-state index contributed by atoms with van der Waals surface area (Å²) in [5.41, 5.74) is 0. The number of hydrogen-bond acceptors (Lipinski definition) is 7. The fraction of sp³-hybridized carbons (Fsp3) is 0.745. The first kappa shape index (κ1) is 56.0. The van der Waals surface area contributed by atoms with Crippen LogP contribution >= 0.6 is 0 Å². The van der Waals surface area contributed by atoms with Crippen molar-refractivity contribution in [3.63, 3.8) is 0 Å². The van der Waals surface area contributed by atoms with Gasteiger partial charge in [-0.2, -0.15) is 0 Å². The first-order valence-corrected chi connectivity index (χ1v) is 23.8. The average Bonchev–Trinajstić information content (AvgIpc) is 3.19. The fourth-order valence-electron chi connectivity index (χ4n) is 6.74. The van der Waals surface area contributed by atoms with E-state index in [-0.39, 0.29) is 42.7 Å². The molecule has 0 aliphatic carbocycles. The Bertz CT molecular complexity index is 1150. The van der Waals surface area contributed by atoms with Crippen LogP contribution < -0.4 is 5.11 Å². The number of unbranched alkanes of at least 4 members (excludes halogenated alkanes) is 18. The molecule has 0 aliphatic rings. The zero-order chi connectivity index (χ0) is 43.5. The lowest BCUT2D eigenvalue weighted by Crippen LogP contribution is -2.55. The lowest BCUT2D eigenvalue weighted by Gasteiger charge is -2.34. The number of quaternary nitrogens is 1. The van der Waals surface area contributed by atoms with Crippen molar-refractivity contribution in [2.24, 2.45) is 0 Å². The summed E-state index contributed by atoms with van der Waals surface area (Å²) in [6.45, 7) is 4.53. The Labute approximate surface area is 362 Å². The second-order valence-corrected chi connectivity index (χ2v) is 17.0. The Balaban J connectivity index is 4.35. The fourth-order valence-corrected chi connectivity index (χ4v) is 6.74. The third-order valence-corrected chi connectivity index (χ3v) is 10.4. The maximum Gasteiger partial charge on any atom is 0.306 e. The van der Waals surface area contributed by atoms with Crippen molar-refractivity contribution < 1.29 is 38.2 Å². The minimum atomic E-state index is -1.13. The van der Waals surface area contributed by atoms with E-state index in [1.165, 1.54) is 77.0 Å². The summed E-state index contributed by atoms with van der Waals surface area (Å²) >= 11 is 0. The number of rotatable bonds is 42. The number of hydrogen-bond donors (Lipinski definition) is 0. The molecule has 0 saturated heterocycles. The molecule has 0 amide bonds. The van der Waals surface area contributed by atoms with Gasteiger partial charge in [0.1, 0.15) is 12.6 Å². The van der Waals surface area contributed by atoms with Gasteiger partial charge in [-0.1, -0.05) is 177 Å². The number of aliphatic carboxylic acids is 1. The summed E-state index contributed by atoms with van der Waals surface area (Å²) in [4.78, 5) is 36.9. The molecular weight excluding hydrogens is 739 g/mol. The molecule has 0 radical (unpaired) electrons. The van der Waals surface area contributed by atoms with Crippen LogP contribution in [0.3, 0.4) is 0 Å². The van der Waals surface area contributed by atoms with E-state index in [0.29, 0.717) is 12.8 Å². The number of likely N-dealkylation sites (N-methyl/N-ethyl adjacent to an activating group) is 1. The lowest BCUT2D eigenvalue weighted by atomic mass is 10.0. The van der Waals surface area contributed by atoms with Crippen LogP contribution in [-0.2, 0) is 28.6 Å². The van der Waals surface area contributed by atoms with Crippen LogP contribution in [0.2, 0.25) is 0 Å². The second kappa shape index (κ2) is 41.8. The van der Waals surface area contributed by atoms with E-state index < -0.39 is 18.1 Å². The van der Waals surface area contributed by atoms with Crippen LogP contribution in [0.5, 0.6) is 0 Å². The Morgan fingerprint density at radius 2 is 0.949 bits per heavy atom. The van der Waals surface area contributed by atoms with Crippen molar-refractivity contribution in [1.29, 1.82) is 0 Å². The SMILES string of the molecule is CC/C=C/C/C=C/C/C=C/C/C=C/C/C=C/CCCCCCC(=O)OC(COCCC(C(=O)[O-])[N+](C)(C)C)COC(=O)CCCCCCCCCCCCCCCCC. The van der Waals surface area contributed by atoms with Crippen LogP contribution in [0.1, 0.15) is 194 Å². The average molecular weight is 828 g/mol. The highest BCUT2D eigenvalue weighted by atomic mass is 16.6. The van der Waals surface area contributed by atoms with Gasteiger partial charge in [0, 0.05) is 19.3 Å². The molecule has 340 valence electrons. The molecule has 0 aromatic rings. The minimum absolute atomic E-state index is 0.0299. The highest BCUT2D eigenvalue weighted by Crippen LogP contribution is 2.15. The number of carboxylic acid groups (broad SMARTS) is 1. The number of carbonyl (C=O) groups is 3. The molecule has 0 bridgehead atoms. The quantitative estimate of drug-likeness (QED) is 0.0261. The van der Waals surface area contributed by atoms with Crippen LogP contribution in [0, 0.1) is 0 Å². The van der Waals surface area contributed by atoms with Crippen molar-refractivity contribution in [1.82, 2.24) is 0 Å². The topological polar surface area (TPSA) is 102 Å². The molecule has 0 saturated carbocycles. The second-order valence-electron chi connectivity index (χ2n) is 17.0. The zero-order valence-corrected chi connectivity index (χ0v) is 38.7. The summed E-state index contributed by atoms with van der Waals surface area (Å²) in [5.74, 6) is -1.76. The first-order chi connectivity index (χ1) is 28.6. The van der Waals surface area contributed by atoms with Gasteiger partial charge in [0.05, 0.1) is 40.3 Å². The number of ether oxygens (including phenoxy) is 3. The summed E-state index contributed by atoms with van der Waals surface area (Å²) in [5, 5.41) is 11.6. The van der Waals surface area contributed by atoms with Gasteiger partial charge >= 0.3 is 11.9 Å². The predicted octanol–water partition coefficient (Wildman–Crippen LogP) is 12.0. The molecule has 8 nitrogen and oxygen atoms in total. The monoisotopic (exact) mass is 828 g/mol. The summed E-state index contributed by atoms with van der Waals surface area (Å²) < 4.78 is 17.2. The Morgan fingerprint density at radius 3 is 1.41 bits per heavy atom. The molecule has 2 atom stereocenters. The van der Waals surface area contributed by atoms with Gasteiger partial charge in [-0.3, -0.25) is 9.59 Å². The zero-order valence-electron chi connectivity index (χ0n) is 38.7. The van der Waals surface area contributed by atoms with Crippen molar-refractivity contribution in [3.8, 4) is 0 Å². The largest absolute Gasteiger partial charge is 0.544 e. The third kappa shape index (κ3) is 40.2. The van der Waals surface area contributed by atoms with E-state index in [1.807, 2.05) is 0 Å². The van der Waals surface area contributed by atoms with E-state index in [0.717, 1.165) is 83.5 Å². The van der Waals surface area contributed by atoms with E-state index in [1.54, 1.807) is 21.1 Å². The Morgan fingerprint density at radius 1 is 0.525 bits per heavy atom. The Kier molecular flexibility index (Phi) is 39.6. The van der Waals surface area contributed by atoms with Crippen LogP contribution in [0.15, 0.2) is 60.8 Å². The van der Waals surface area contributed by atoms with E-state index in [2.05, 4.69) is 74.6 Å². The van der Waals surface area contributed by atoms with Crippen molar-refractivity contribution in [2.75, 3.05) is 41.0 Å². The highest BCUT2D eigenvalue weighted by Gasteiger charge is 2.25. The van der Waals surface area contributed by atoms with Gasteiger partial charge in [-0.25, -0.2) is 0 Å². The molecule has 0 aromatic carbocycles. The number of carboxylic acids is 1. The molecule has 59 heavy (non-hydrogen) atoms. The number of carbonyl (C=O) groups excluding carboxylic acids is 3. The minimum Gasteiger partial charge on any atom is -0.544 e. The molecule has 0 heterocycles. The summed E-state index contributed by atoms with van der Waals surface area (Å²) in [6, 6.07) is -0.732. The third-order valence-electron chi connectivity index (χ3n) is 10.4. The van der Waals surface area contributed by atoms with Gasteiger partial charge < -0.3 is 28.6 Å². The highest BCUT2D eigenvalue weighted by molar-refractivity contribution is 5.70. The van der Waals surface area contributed by atoms with E-state index >= 15 is 0 Å². The molecule has 0 N–H and O–H groups in total. The van der Waals surface area contributed by atoms with Gasteiger partial charge in [0.25, 0.3) is 0 Å². The van der Waals surface area contributed by atoms with Gasteiger partial charge in [0.15, 0.2) is 6.10 Å². The molecule has 2 unspecified atom stereocenters. The van der Waals surface area contributed by atoms with Crippen molar-refractivity contribution in [2.45, 2.75) is 206 Å². The molecule has 0 spiro atoms. The number of nitrogens with zero attached hydrogens (tertiary/aromatic N) is 1. The van der Waals surface area contributed by atoms with E-state index in [4.69, 9.17) is 14.2 Å². The standard InChI is InChI=1S/C51H89NO7/c1-6-8-10-12-14-16-18-20-22-23-24-25-26-28-30-32-34-36-38-40-42-50(54)59-47(45-57-44-43-48(51(55)56)52(3,4)5)46-58-49(53)41-39-37-35-33-31-29-27-21-19-17-15-13-11-9-7-2/h8,10,14,16,20,22,24-25,28,30,47-48H,6-7,9,11-13,15,17-19,21,23,26-27,29,31-46H2,1-5H3/b10-8+,16-14+,22-20+,25-24+,30-28+. The predicted molar refractivity (Wildman–Crippen MR) is 245 cm³/mol. The maximum absolute atomic E-state index is 12.7. The van der Waals surface area contributed by atoms with Gasteiger partial charge in [-0.05, 0) is 57.8 Å². The van der Waals surface area contributed by atoms with Crippen LogP contribution in [-0.4, -0.2) is 75.5 Å². The lowest BCUT2D eigenvalue weighted by molar-refractivity contribution is -0.889. The summed E-state index contributed by atoms with van der Waals surface area (Å²) in [7, 11) is 5.40. The summed E-state index contributed by atoms with van der Waals surface area (Å²) in [6.07, 6.45) is 51.0. The number of esters is 2. The van der Waals surface area contributed by atoms with Crippen molar-refractivity contribution in [3.05, 3.63) is 60.8 Å².